The molecule has 1 unspecified atom stereocenters. The van der Waals surface area contributed by atoms with E-state index >= 15 is 0 Å². The first-order valence-corrected chi connectivity index (χ1v) is 12.5. The zero-order valence-electron chi connectivity index (χ0n) is 20.8. The molecule has 1 aliphatic heterocycles. The quantitative estimate of drug-likeness (QED) is 0.133. The molecule has 5 nitrogen and oxygen atoms in total. The van der Waals surface area contributed by atoms with E-state index in [0.717, 1.165) is 0 Å². The lowest BCUT2D eigenvalue weighted by atomic mass is 9.82. The summed E-state index contributed by atoms with van der Waals surface area (Å²) in [4.78, 5) is 16.9. The van der Waals surface area contributed by atoms with Crippen LogP contribution in [0.2, 0.25) is 0 Å². The molecule has 0 aromatic heterocycles. The molecule has 0 aromatic carbocycles. The smallest absolute Gasteiger partial charge is 0.378 e. The first-order chi connectivity index (χ1) is 17.5. The van der Waals surface area contributed by atoms with Gasteiger partial charge in [0.25, 0.3) is 0 Å². The van der Waals surface area contributed by atoms with Crippen molar-refractivity contribution in [3.05, 3.63) is 57.3 Å². The van der Waals surface area contributed by atoms with Gasteiger partial charge in [0, 0.05) is 45.9 Å². The normalized spacial score (nSPS) is 20.8. The number of amides is 1. The van der Waals surface area contributed by atoms with Crippen molar-refractivity contribution in [3.8, 4) is 0 Å². The molecule has 1 amide bonds. The van der Waals surface area contributed by atoms with Gasteiger partial charge in [-0.25, -0.2) is 0 Å². The highest BCUT2D eigenvalue weighted by Crippen LogP contribution is 2.47. The predicted molar refractivity (Wildman–Crippen MR) is 137 cm³/mol. The number of oxime groups is 1. The maximum Gasteiger partial charge on any atom is 0.431 e. The fourth-order valence-electron chi connectivity index (χ4n) is 3.22. The molecule has 0 bridgehead atoms. The average molecular weight is 611 g/mol. The zero-order chi connectivity index (χ0) is 29.3. The Morgan fingerprint density at radius 3 is 2.32 bits per heavy atom. The van der Waals surface area contributed by atoms with Crippen LogP contribution in [0.4, 0.5) is 26.3 Å². The third-order valence-electron chi connectivity index (χ3n) is 5.43. The highest BCUT2D eigenvalue weighted by Gasteiger charge is 2.63. The number of hydrazine groups is 1. The van der Waals surface area contributed by atoms with Gasteiger partial charge in [0.2, 0.25) is 11.5 Å². The van der Waals surface area contributed by atoms with Crippen LogP contribution in [0.3, 0.4) is 0 Å². The lowest BCUT2D eigenvalue weighted by Gasteiger charge is -2.33. The van der Waals surface area contributed by atoms with Crippen molar-refractivity contribution in [2.45, 2.75) is 70.8 Å². The first-order valence-electron chi connectivity index (χ1n) is 11.3. The number of hydrogen-bond donors (Lipinski definition) is 2. The summed E-state index contributed by atoms with van der Waals surface area (Å²) in [6, 6.07) is 0. The standard InChI is InChI=1S/C24H28Cl3F6N3O2/c1-5-16(11-19(15(4)25)34-35-21(37)8-7-9-23(28,29)30)20-13-22(38-36-20,24(31,32)33)14(3)10-18(27)12-17(26)6-2/h5,10-12,14,34H,1,6-9,13H2,2-4H3,(H,35,37)/b16-11+,17-12+,18-10+,19-15-/t14-,22?/m0/s1. The van der Waals surface area contributed by atoms with Crippen molar-refractivity contribution in [1.82, 2.24) is 10.9 Å². The summed E-state index contributed by atoms with van der Waals surface area (Å²) in [5.74, 6) is -2.02. The molecule has 1 rings (SSSR count). The Kier molecular flexibility index (Phi) is 12.8. The highest BCUT2D eigenvalue weighted by atomic mass is 35.5. The van der Waals surface area contributed by atoms with Crippen molar-refractivity contribution in [1.29, 1.82) is 0 Å². The topological polar surface area (TPSA) is 62.7 Å². The van der Waals surface area contributed by atoms with Crippen LogP contribution in [0.5, 0.6) is 0 Å². The molecule has 0 spiro atoms. The van der Waals surface area contributed by atoms with Crippen LogP contribution in [0.1, 0.15) is 52.9 Å². The van der Waals surface area contributed by atoms with E-state index in [1.54, 1.807) is 6.92 Å². The van der Waals surface area contributed by atoms with Gasteiger partial charge in [-0.3, -0.25) is 15.6 Å². The van der Waals surface area contributed by atoms with E-state index in [4.69, 9.17) is 39.6 Å². The van der Waals surface area contributed by atoms with E-state index in [1.807, 2.05) is 0 Å². The lowest BCUT2D eigenvalue weighted by Crippen LogP contribution is -2.50. The van der Waals surface area contributed by atoms with Crippen LogP contribution in [0, 0.1) is 5.92 Å². The Labute approximate surface area is 232 Å². The second-order valence-corrected chi connectivity index (χ2v) is 9.86. The molecule has 1 heterocycles. The molecule has 0 aliphatic carbocycles. The van der Waals surface area contributed by atoms with E-state index in [0.29, 0.717) is 11.5 Å². The third-order valence-corrected chi connectivity index (χ3v) is 6.25. The van der Waals surface area contributed by atoms with Gasteiger partial charge in [-0.1, -0.05) is 72.5 Å². The summed E-state index contributed by atoms with van der Waals surface area (Å²) in [5.41, 5.74) is 1.96. The molecule has 2 N–H and O–H groups in total. The van der Waals surface area contributed by atoms with Gasteiger partial charge in [-0.2, -0.15) is 26.3 Å². The van der Waals surface area contributed by atoms with Crippen molar-refractivity contribution >= 4 is 46.4 Å². The number of carbonyl (C=O) groups is 1. The van der Waals surface area contributed by atoms with E-state index in [2.05, 4.69) is 22.6 Å². The maximum absolute atomic E-state index is 14.2. The predicted octanol–water partition coefficient (Wildman–Crippen LogP) is 8.29. The molecule has 1 aliphatic rings. The Hall–Kier alpha value is -2.11. The lowest BCUT2D eigenvalue weighted by molar-refractivity contribution is -0.281. The minimum atomic E-state index is -4.85. The number of hydrogen-bond acceptors (Lipinski definition) is 4. The molecule has 0 aromatic rings. The van der Waals surface area contributed by atoms with Crippen LogP contribution >= 0.6 is 34.8 Å². The zero-order valence-corrected chi connectivity index (χ0v) is 23.1. The van der Waals surface area contributed by atoms with Crippen molar-refractivity contribution < 1.29 is 36.0 Å². The van der Waals surface area contributed by atoms with Crippen LogP contribution in [-0.2, 0) is 9.63 Å². The molecule has 0 radical (unpaired) electrons. The minimum Gasteiger partial charge on any atom is -0.378 e. The van der Waals surface area contributed by atoms with Crippen molar-refractivity contribution in [3.63, 3.8) is 0 Å². The molecule has 0 fully saturated rings. The Morgan fingerprint density at radius 2 is 1.82 bits per heavy atom. The average Bonchev–Trinajstić information content (AvgIpc) is 3.25. The number of rotatable bonds is 12. The van der Waals surface area contributed by atoms with Gasteiger partial charge in [-0.15, -0.1) is 0 Å². The molecular formula is C24H28Cl3F6N3O2. The van der Waals surface area contributed by atoms with Gasteiger partial charge in [0.15, 0.2) is 0 Å². The largest absolute Gasteiger partial charge is 0.431 e. The number of halogens is 9. The fraction of sp³-hybridized carbons (Fsp3) is 0.500. The second kappa shape index (κ2) is 14.3. The van der Waals surface area contributed by atoms with Crippen LogP contribution in [-0.4, -0.2) is 29.6 Å². The number of nitrogens with zero attached hydrogens (tertiary/aromatic N) is 1. The SMILES string of the molecule is C=C/C(=C\C(NNC(=O)CCCC(F)(F)F)=C(/C)Cl)C1=NOC([C@@H](C)/C=C(Cl)\C=C(\Cl)CC)(C(F)(F)F)C1. The minimum absolute atomic E-state index is 0.00247. The fourth-order valence-corrected chi connectivity index (χ4v) is 3.81. The maximum atomic E-state index is 14.2. The van der Waals surface area contributed by atoms with Crippen LogP contribution < -0.4 is 10.9 Å². The number of allylic oxidation sites excluding steroid dienone is 7. The summed E-state index contributed by atoms with van der Waals surface area (Å²) in [5, 5.41) is 4.11. The summed E-state index contributed by atoms with van der Waals surface area (Å²) in [6.45, 7) is 8.06. The van der Waals surface area contributed by atoms with Crippen molar-refractivity contribution in [2.75, 3.05) is 0 Å². The van der Waals surface area contributed by atoms with E-state index in [-0.39, 0.29) is 27.0 Å². The number of alkyl halides is 6. The van der Waals surface area contributed by atoms with E-state index in [1.165, 1.54) is 38.2 Å². The van der Waals surface area contributed by atoms with Gasteiger partial charge in [0.05, 0.1) is 11.4 Å². The Balaban J connectivity index is 3.12. The van der Waals surface area contributed by atoms with Crippen LogP contribution in [0.25, 0.3) is 0 Å². The molecule has 214 valence electrons. The molecule has 0 saturated heterocycles. The van der Waals surface area contributed by atoms with Gasteiger partial charge in [0.1, 0.15) is 0 Å². The first kappa shape index (κ1) is 33.9. The molecule has 14 heteroatoms. The van der Waals surface area contributed by atoms with Crippen molar-refractivity contribution in [2.24, 2.45) is 11.1 Å². The second-order valence-electron chi connectivity index (χ2n) is 8.37. The number of nitrogens with one attached hydrogen (secondary N) is 2. The molecule has 38 heavy (non-hydrogen) atoms. The molecule has 2 atom stereocenters. The summed E-state index contributed by atoms with van der Waals surface area (Å²) in [7, 11) is 0. The molecular weight excluding hydrogens is 583 g/mol. The molecule has 0 saturated carbocycles. The summed E-state index contributed by atoms with van der Waals surface area (Å²) >= 11 is 18.0. The monoisotopic (exact) mass is 609 g/mol. The Bertz CT molecular complexity index is 1030. The van der Waals surface area contributed by atoms with Crippen LogP contribution in [0.15, 0.2) is 62.4 Å². The van der Waals surface area contributed by atoms with Gasteiger partial charge >= 0.3 is 12.4 Å². The van der Waals surface area contributed by atoms with E-state index in [9.17, 15) is 31.1 Å². The summed E-state index contributed by atoms with van der Waals surface area (Å²) < 4.78 is 79.5. The number of carbonyl (C=O) groups excluding carboxylic acids is 1. The summed E-state index contributed by atoms with van der Waals surface area (Å²) in [6.07, 6.45) is -6.43. The third kappa shape index (κ3) is 10.2. The van der Waals surface area contributed by atoms with Gasteiger partial charge < -0.3 is 4.84 Å². The van der Waals surface area contributed by atoms with Gasteiger partial charge in [-0.05, 0) is 31.9 Å². The van der Waals surface area contributed by atoms with E-state index < -0.39 is 55.5 Å². The highest BCUT2D eigenvalue weighted by molar-refractivity contribution is 6.34. The Morgan fingerprint density at radius 1 is 1.18 bits per heavy atom.